The third kappa shape index (κ3) is 2.34. The molecule has 0 fully saturated rings. The fraction of sp³-hybridized carbons (Fsp3) is 0.400. The summed E-state index contributed by atoms with van der Waals surface area (Å²) in [6.07, 6.45) is -4.98. The van der Waals surface area contributed by atoms with Crippen LogP contribution in [-0.4, -0.2) is 24.9 Å². The Morgan fingerprint density at radius 1 is 1.35 bits per heavy atom. The number of halogens is 4. The molecule has 0 heterocycles. The van der Waals surface area contributed by atoms with Crippen LogP contribution in [0.15, 0.2) is 18.2 Å². The van der Waals surface area contributed by atoms with Crippen LogP contribution in [0, 0.1) is 5.82 Å². The Labute approximate surface area is 94.8 Å². The van der Waals surface area contributed by atoms with Gasteiger partial charge in [0.25, 0.3) is 0 Å². The van der Waals surface area contributed by atoms with Crippen molar-refractivity contribution >= 4 is 0 Å². The van der Waals surface area contributed by atoms with Gasteiger partial charge in [-0.1, -0.05) is 6.07 Å². The van der Waals surface area contributed by atoms with E-state index in [1.807, 2.05) is 0 Å². The lowest BCUT2D eigenvalue weighted by Gasteiger charge is -2.29. The Morgan fingerprint density at radius 2 is 1.94 bits per heavy atom. The lowest BCUT2D eigenvalue weighted by Crippen LogP contribution is -2.48. The highest BCUT2D eigenvalue weighted by Gasteiger charge is 2.54. The number of hydrogen-bond acceptors (Lipinski definition) is 3. The Balaban J connectivity index is 3.27. The number of methoxy groups -OCH3 is 1. The van der Waals surface area contributed by atoms with E-state index in [0.717, 1.165) is 12.1 Å². The summed E-state index contributed by atoms with van der Waals surface area (Å²) in [6, 6.07) is 2.47. The molecular formula is C10H11F4NO2. The minimum absolute atomic E-state index is 0.213. The molecule has 1 aromatic carbocycles. The van der Waals surface area contributed by atoms with E-state index in [1.54, 1.807) is 0 Å². The van der Waals surface area contributed by atoms with Gasteiger partial charge in [0.1, 0.15) is 0 Å². The predicted octanol–water partition coefficient (Wildman–Crippen LogP) is 1.54. The van der Waals surface area contributed by atoms with Gasteiger partial charge in [0, 0.05) is 6.54 Å². The van der Waals surface area contributed by atoms with Crippen LogP contribution in [0.4, 0.5) is 17.6 Å². The maximum atomic E-state index is 13.3. The lowest BCUT2D eigenvalue weighted by atomic mass is 9.93. The van der Waals surface area contributed by atoms with Gasteiger partial charge in [0.05, 0.1) is 7.11 Å². The fourth-order valence-electron chi connectivity index (χ4n) is 1.32. The summed E-state index contributed by atoms with van der Waals surface area (Å²) in [6.45, 7) is -1.09. The third-order valence-electron chi connectivity index (χ3n) is 2.39. The Hall–Kier alpha value is -1.34. The topological polar surface area (TPSA) is 55.5 Å². The molecule has 1 aromatic rings. The van der Waals surface area contributed by atoms with E-state index >= 15 is 0 Å². The number of aliphatic hydroxyl groups is 1. The first-order valence-electron chi connectivity index (χ1n) is 4.59. The van der Waals surface area contributed by atoms with Gasteiger partial charge in [-0.25, -0.2) is 4.39 Å². The highest BCUT2D eigenvalue weighted by Crippen LogP contribution is 2.39. The molecule has 1 unspecified atom stereocenters. The second kappa shape index (κ2) is 4.50. The number of hydrogen-bond donors (Lipinski definition) is 2. The second-order valence-electron chi connectivity index (χ2n) is 3.41. The molecule has 0 saturated carbocycles. The van der Waals surface area contributed by atoms with E-state index < -0.39 is 29.7 Å². The molecule has 17 heavy (non-hydrogen) atoms. The first-order valence-corrected chi connectivity index (χ1v) is 4.59. The monoisotopic (exact) mass is 253 g/mol. The van der Waals surface area contributed by atoms with Crippen molar-refractivity contribution in [1.82, 2.24) is 0 Å². The summed E-state index contributed by atoms with van der Waals surface area (Å²) >= 11 is 0. The Kier molecular flexibility index (Phi) is 3.63. The van der Waals surface area contributed by atoms with E-state index in [9.17, 15) is 22.7 Å². The Bertz CT molecular complexity index is 408. The SMILES string of the molecule is COc1ccc(C(O)(CN)C(F)(F)F)cc1F. The zero-order valence-electron chi connectivity index (χ0n) is 8.88. The zero-order valence-corrected chi connectivity index (χ0v) is 8.88. The summed E-state index contributed by atoms with van der Waals surface area (Å²) < 4.78 is 55.7. The molecule has 0 spiro atoms. The van der Waals surface area contributed by atoms with Gasteiger partial charge in [0.15, 0.2) is 17.2 Å². The van der Waals surface area contributed by atoms with Gasteiger partial charge in [-0.15, -0.1) is 0 Å². The molecule has 0 radical (unpaired) electrons. The molecule has 0 saturated heterocycles. The third-order valence-corrected chi connectivity index (χ3v) is 2.39. The van der Waals surface area contributed by atoms with E-state index in [-0.39, 0.29) is 5.75 Å². The van der Waals surface area contributed by atoms with Crippen molar-refractivity contribution in [2.45, 2.75) is 11.8 Å². The van der Waals surface area contributed by atoms with Crippen LogP contribution in [0.1, 0.15) is 5.56 Å². The maximum absolute atomic E-state index is 13.3. The van der Waals surface area contributed by atoms with E-state index in [4.69, 9.17) is 5.73 Å². The summed E-state index contributed by atoms with van der Waals surface area (Å²) in [5, 5.41) is 9.46. The van der Waals surface area contributed by atoms with E-state index in [1.165, 1.54) is 7.11 Å². The quantitative estimate of drug-likeness (QED) is 0.803. The van der Waals surface area contributed by atoms with Crippen molar-refractivity contribution in [3.63, 3.8) is 0 Å². The molecule has 1 atom stereocenters. The van der Waals surface area contributed by atoms with Crippen molar-refractivity contribution < 1.29 is 27.4 Å². The average Bonchev–Trinajstić information content (AvgIpc) is 2.26. The first-order chi connectivity index (χ1) is 7.76. The van der Waals surface area contributed by atoms with Crippen molar-refractivity contribution in [2.75, 3.05) is 13.7 Å². The second-order valence-corrected chi connectivity index (χ2v) is 3.41. The van der Waals surface area contributed by atoms with Crippen LogP contribution in [0.3, 0.4) is 0 Å². The van der Waals surface area contributed by atoms with E-state index in [2.05, 4.69) is 4.74 Å². The normalized spacial score (nSPS) is 15.5. The van der Waals surface area contributed by atoms with Gasteiger partial charge in [-0.05, 0) is 17.7 Å². The maximum Gasteiger partial charge on any atom is 0.422 e. The molecule has 3 nitrogen and oxygen atoms in total. The lowest BCUT2D eigenvalue weighted by molar-refractivity contribution is -0.262. The largest absolute Gasteiger partial charge is 0.494 e. The van der Waals surface area contributed by atoms with Crippen LogP contribution in [0.25, 0.3) is 0 Å². The summed E-state index contributed by atoms with van der Waals surface area (Å²) in [5.74, 6) is -1.21. The van der Waals surface area contributed by atoms with Gasteiger partial charge in [0.2, 0.25) is 0 Å². The molecule has 0 aliphatic rings. The van der Waals surface area contributed by atoms with Crippen molar-refractivity contribution in [3.8, 4) is 5.75 Å². The molecule has 3 N–H and O–H groups in total. The number of ether oxygens (including phenoxy) is 1. The molecule has 0 aliphatic carbocycles. The molecule has 0 bridgehead atoms. The number of alkyl halides is 3. The minimum Gasteiger partial charge on any atom is -0.494 e. The molecular weight excluding hydrogens is 242 g/mol. The van der Waals surface area contributed by atoms with Crippen molar-refractivity contribution in [3.05, 3.63) is 29.6 Å². The van der Waals surface area contributed by atoms with Crippen LogP contribution in [0.5, 0.6) is 5.75 Å². The van der Waals surface area contributed by atoms with Gasteiger partial charge >= 0.3 is 6.18 Å². The minimum atomic E-state index is -4.98. The van der Waals surface area contributed by atoms with Crippen LogP contribution in [-0.2, 0) is 5.60 Å². The van der Waals surface area contributed by atoms with Crippen molar-refractivity contribution in [1.29, 1.82) is 0 Å². The first kappa shape index (κ1) is 13.7. The molecule has 7 heteroatoms. The predicted molar refractivity (Wildman–Crippen MR) is 52.0 cm³/mol. The molecule has 0 amide bonds. The molecule has 1 rings (SSSR count). The average molecular weight is 253 g/mol. The van der Waals surface area contributed by atoms with Crippen molar-refractivity contribution in [2.24, 2.45) is 5.73 Å². The standard InChI is InChI=1S/C10H11F4NO2/c1-17-8-3-2-6(4-7(8)11)9(16,5-15)10(12,13)14/h2-4,16H,5,15H2,1H3. The van der Waals surface area contributed by atoms with Gasteiger partial charge in [-0.3, -0.25) is 0 Å². The Morgan fingerprint density at radius 3 is 2.29 bits per heavy atom. The highest BCUT2D eigenvalue weighted by molar-refractivity contribution is 5.33. The molecule has 0 aromatic heterocycles. The smallest absolute Gasteiger partial charge is 0.422 e. The molecule has 96 valence electrons. The number of nitrogens with two attached hydrogens (primary N) is 1. The summed E-state index contributed by atoms with van der Waals surface area (Å²) in [4.78, 5) is 0. The fourth-order valence-corrected chi connectivity index (χ4v) is 1.32. The van der Waals surface area contributed by atoms with Crippen LogP contribution >= 0.6 is 0 Å². The van der Waals surface area contributed by atoms with E-state index in [0.29, 0.717) is 6.07 Å². The van der Waals surface area contributed by atoms with Gasteiger partial charge < -0.3 is 15.6 Å². The zero-order chi connectivity index (χ0) is 13.3. The summed E-state index contributed by atoms with van der Waals surface area (Å²) in [5.41, 5.74) is 0.997. The number of benzene rings is 1. The molecule has 0 aliphatic heterocycles. The number of rotatable bonds is 3. The van der Waals surface area contributed by atoms with Crippen LogP contribution < -0.4 is 10.5 Å². The highest BCUT2D eigenvalue weighted by atomic mass is 19.4. The summed E-state index contributed by atoms with van der Waals surface area (Å²) in [7, 11) is 1.18. The van der Waals surface area contributed by atoms with Crippen LogP contribution in [0.2, 0.25) is 0 Å². The van der Waals surface area contributed by atoms with Gasteiger partial charge in [-0.2, -0.15) is 13.2 Å².